The van der Waals surface area contributed by atoms with Crippen molar-refractivity contribution in [3.8, 4) is 0 Å². The molecule has 0 amide bonds. The Hall–Kier alpha value is -1.13. The van der Waals surface area contributed by atoms with Crippen LogP contribution >= 0.6 is 11.3 Å². The number of hydrogen-bond donors (Lipinski definition) is 0. The van der Waals surface area contributed by atoms with E-state index in [0.717, 1.165) is 11.0 Å². The second kappa shape index (κ2) is 3.72. The number of rotatable bonds is 1. The van der Waals surface area contributed by atoms with Crippen molar-refractivity contribution in [2.45, 2.75) is 13.5 Å². The number of hydrogen-bond acceptors (Lipinski definition) is 2. The van der Waals surface area contributed by atoms with Gasteiger partial charge in [-0.15, -0.1) is 0 Å². The first-order chi connectivity index (χ1) is 7.75. The lowest BCUT2D eigenvalue weighted by molar-refractivity contribution is 0.336. The third-order valence-electron chi connectivity index (χ3n) is 2.97. The van der Waals surface area contributed by atoms with Crippen LogP contribution in [0, 0.1) is 12.7 Å². The number of halogens is 1. The smallest absolute Gasteiger partial charge is 0.363 e. The van der Waals surface area contributed by atoms with Crippen molar-refractivity contribution in [1.29, 1.82) is 0 Å². The Morgan fingerprint density at radius 2 is 2.19 bits per heavy atom. The van der Waals surface area contributed by atoms with Crippen LogP contribution in [0.4, 0.5) is 4.39 Å². The maximum absolute atomic E-state index is 13.1. The lowest BCUT2D eigenvalue weighted by Gasteiger charge is -2.06. The first-order valence-corrected chi connectivity index (χ1v) is 6.12. The van der Waals surface area contributed by atoms with E-state index < -0.39 is 0 Å². The third-order valence-corrected chi connectivity index (χ3v) is 3.85. The second-order valence-corrected chi connectivity index (χ2v) is 4.79. The van der Waals surface area contributed by atoms with Crippen molar-refractivity contribution in [1.82, 2.24) is 0 Å². The molecule has 16 heavy (non-hydrogen) atoms. The highest BCUT2D eigenvalue weighted by molar-refractivity contribution is 7.10. The van der Waals surface area contributed by atoms with Gasteiger partial charge in [-0.2, -0.15) is 11.3 Å². The summed E-state index contributed by atoms with van der Waals surface area (Å²) in [5.41, 5.74) is 4.51. The molecule has 1 aliphatic heterocycles. The number of thiophene rings is 1. The van der Waals surface area contributed by atoms with Crippen LogP contribution in [0.25, 0.3) is 0 Å². The summed E-state index contributed by atoms with van der Waals surface area (Å²) in [5.74, 6) is -0.190. The zero-order chi connectivity index (χ0) is 11.1. The van der Waals surface area contributed by atoms with Crippen LogP contribution in [0.5, 0.6) is 0 Å². The molecule has 2 aromatic rings. The molecule has 0 aliphatic carbocycles. The van der Waals surface area contributed by atoms with Crippen LogP contribution < -0.4 is 10.9 Å². The van der Waals surface area contributed by atoms with Gasteiger partial charge in [0.2, 0.25) is 0 Å². The largest absolute Gasteiger partial charge is 0.423 e. The molecule has 1 aromatic heterocycles. The molecule has 1 nitrogen and oxygen atoms in total. The van der Waals surface area contributed by atoms with Crippen molar-refractivity contribution in [3.05, 3.63) is 45.9 Å². The summed E-state index contributed by atoms with van der Waals surface area (Å²) in [5, 5.41) is 4.22. The fraction of sp³-hybridized carbons (Fsp3) is 0.167. The molecule has 0 unspecified atom stereocenters. The van der Waals surface area contributed by atoms with Gasteiger partial charge in [-0.05, 0) is 51.9 Å². The van der Waals surface area contributed by atoms with Crippen molar-refractivity contribution in [2.75, 3.05) is 0 Å². The SMILES string of the molecule is Cc1cscc1B1OCc2cc(F)ccc21. The quantitative estimate of drug-likeness (QED) is 0.681. The molecule has 4 heteroatoms. The highest BCUT2D eigenvalue weighted by Crippen LogP contribution is 2.14. The molecule has 1 aromatic carbocycles. The molecule has 0 radical (unpaired) electrons. The summed E-state index contributed by atoms with van der Waals surface area (Å²) < 4.78 is 18.8. The Morgan fingerprint density at radius 1 is 1.31 bits per heavy atom. The van der Waals surface area contributed by atoms with Gasteiger partial charge in [0.25, 0.3) is 0 Å². The Morgan fingerprint density at radius 3 is 2.94 bits per heavy atom. The standard InChI is InChI=1S/C12H10BFOS/c1-8-6-16-7-12(8)13-11-3-2-10(14)4-9(11)5-15-13/h2-4,6-7H,5H2,1H3. The van der Waals surface area contributed by atoms with Gasteiger partial charge in [-0.1, -0.05) is 6.07 Å². The lowest BCUT2D eigenvalue weighted by atomic mass is 9.56. The fourth-order valence-electron chi connectivity index (χ4n) is 2.11. The average molecular weight is 232 g/mol. The van der Waals surface area contributed by atoms with Crippen LogP contribution in [0.3, 0.4) is 0 Å². The van der Waals surface area contributed by atoms with Crippen LogP contribution in [0.2, 0.25) is 0 Å². The average Bonchev–Trinajstić information content (AvgIpc) is 2.83. The zero-order valence-electron chi connectivity index (χ0n) is 8.87. The Balaban J connectivity index is 2.07. The van der Waals surface area contributed by atoms with Crippen molar-refractivity contribution in [2.24, 2.45) is 0 Å². The van der Waals surface area contributed by atoms with E-state index >= 15 is 0 Å². The van der Waals surface area contributed by atoms with Crippen molar-refractivity contribution < 1.29 is 9.04 Å². The monoisotopic (exact) mass is 232 g/mol. The van der Waals surface area contributed by atoms with Gasteiger partial charge >= 0.3 is 6.92 Å². The molecular formula is C12H10BFOS. The molecule has 1 aliphatic rings. The van der Waals surface area contributed by atoms with Crippen molar-refractivity contribution in [3.63, 3.8) is 0 Å². The van der Waals surface area contributed by atoms with E-state index in [4.69, 9.17) is 4.65 Å². The van der Waals surface area contributed by atoms with Gasteiger partial charge in [0, 0.05) is 0 Å². The van der Waals surface area contributed by atoms with Crippen LogP contribution in [-0.2, 0) is 11.3 Å². The minimum absolute atomic E-state index is 0.0122. The van der Waals surface area contributed by atoms with Crippen LogP contribution in [-0.4, -0.2) is 6.92 Å². The molecule has 0 bridgehead atoms. The predicted octanol–water partition coefficient (Wildman–Crippen LogP) is 1.83. The fourth-order valence-corrected chi connectivity index (χ4v) is 2.98. The maximum Gasteiger partial charge on any atom is 0.363 e. The first kappa shape index (κ1) is 10.1. The van der Waals surface area contributed by atoms with E-state index in [2.05, 4.69) is 17.7 Å². The molecule has 80 valence electrons. The van der Waals surface area contributed by atoms with E-state index in [0.29, 0.717) is 6.61 Å². The molecule has 0 spiro atoms. The Kier molecular flexibility index (Phi) is 2.34. The lowest BCUT2D eigenvalue weighted by Crippen LogP contribution is -2.41. The third kappa shape index (κ3) is 1.49. The molecule has 3 rings (SSSR count). The predicted molar refractivity (Wildman–Crippen MR) is 65.3 cm³/mol. The van der Waals surface area contributed by atoms with Crippen LogP contribution in [0.15, 0.2) is 29.0 Å². The topological polar surface area (TPSA) is 9.23 Å². The highest BCUT2D eigenvalue weighted by Gasteiger charge is 2.31. The van der Waals surface area contributed by atoms with E-state index in [9.17, 15) is 4.39 Å². The normalized spacial score (nSPS) is 14.2. The van der Waals surface area contributed by atoms with Gasteiger partial charge in [-0.25, -0.2) is 4.39 Å². The maximum atomic E-state index is 13.1. The summed E-state index contributed by atoms with van der Waals surface area (Å²) in [7, 11) is 0. The number of aryl methyl sites for hydroxylation is 1. The molecule has 0 fully saturated rings. The molecule has 0 N–H and O–H groups in total. The van der Waals surface area contributed by atoms with E-state index in [1.165, 1.54) is 17.1 Å². The number of fused-ring (bicyclic) bond motifs is 1. The van der Waals surface area contributed by atoms with E-state index in [1.54, 1.807) is 17.4 Å². The summed E-state index contributed by atoms with van der Waals surface area (Å²) >= 11 is 1.68. The summed E-state index contributed by atoms with van der Waals surface area (Å²) in [6.07, 6.45) is 0. The summed E-state index contributed by atoms with van der Waals surface area (Å²) in [4.78, 5) is 0. The van der Waals surface area contributed by atoms with Crippen LogP contribution in [0.1, 0.15) is 11.1 Å². The molecule has 0 saturated carbocycles. The molecular weight excluding hydrogens is 222 g/mol. The van der Waals surface area contributed by atoms with Gasteiger partial charge in [0.05, 0.1) is 6.61 Å². The van der Waals surface area contributed by atoms with Crippen molar-refractivity contribution >= 4 is 29.2 Å². The summed E-state index contributed by atoms with van der Waals surface area (Å²) in [6, 6.07) is 4.90. The number of benzene rings is 1. The van der Waals surface area contributed by atoms with Gasteiger partial charge < -0.3 is 4.65 Å². The van der Waals surface area contributed by atoms with Gasteiger partial charge in [0.15, 0.2) is 0 Å². The van der Waals surface area contributed by atoms with E-state index in [1.807, 2.05) is 6.07 Å². The zero-order valence-corrected chi connectivity index (χ0v) is 9.68. The molecule has 0 saturated heterocycles. The molecule has 0 atom stereocenters. The highest BCUT2D eigenvalue weighted by atomic mass is 32.1. The second-order valence-electron chi connectivity index (χ2n) is 4.04. The first-order valence-electron chi connectivity index (χ1n) is 5.18. The minimum Gasteiger partial charge on any atom is -0.423 e. The van der Waals surface area contributed by atoms with Gasteiger partial charge in [-0.3, -0.25) is 0 Å². The summed E-state index contributed by atoms with van der Waals surface area (Å²) in [6.45, 7) is 2.57. The van der Waals surface area contributed by atoms with E-state index in [-0.39, 0.29) is 12.7 Å². The Bertz CT molecular complexity index is 538. The minimum atomic E-state index is -0.190. The van der Waals surface area contributed by atoms with Gasteiger partial charge in [0.1, 0.15) is 5.82 Å². The Labute approximate surface area is 98.0 Å². The molecule has 2 heterocycles.